The lowest BCUT2D eigenvalue weighted by Gasteiger charge is -2.09. The van der Waals surface area contributed by atoms with Gasteiger partial charge >= 0.3 is 0 Å². The third kappa shape index (κ3) is 2.85. The van der Waals surface area contributed by atoms with Crippen LogP contribution < -0.4 is 5.73 Å². The van der Waals surface area contributed by atoms with Gasteiger partial charge in [0.1, 0.15) is 11.6 Å². The Hall–Kier alpha value is -2.62. The van der Waals surface area contributed by atoms with Crippen LogP contribution in [0.2, 0.25) is 0 Å². The molecule has 0 heterocycles. The molecule has 2 rings (SSSR count). The van der Waals surface area contributed by atoms with Gasteiger partial charge in [-0.1, -0.05) is 12.1 Å². The Kier molecular flexibility index (Phi) is 3.84. The molecule has 0 aromatic heterocycles. The molecule has 0 unspecified atom stereocenters. The molecule has 0 atom stereocenters. The molecule has 2 aromatic carbocycles. The first-order valence-electron chi connectivity index (χ1n) is 6.09. The Balaban J connectivity index is 2.35. The normalized spacial score (nSPS) is 11.4. The van der Waals surface area contributed by atoms with E-state index in [-0.39, 0.29) is 17.3 Å². The van der Waals surface area contributed by atoms with Gasteiger partial charge in [-0.2, -0.15) is 0 Å². The van der Waals surface area contributed by atoms with E-state index in [0.29, 0.717) is 16.8 Å². The lowest BCUT2D eigenvalue weighted by atomic mass is 10.0. The van der Waals surface area contributed by atoms with E-state index in [9.17, 15) is 9.50 Å². The molecule has 102 valence electrons. The Morgan fingerprint density at radius 3 is 2.45 bits per heavy atom. The second kappa shape index (κ2) is 5.57. The highest BCUT2D eigenvalue weighted by Gasteiger charge is 2.08. The molecular weight excluding hydrogens is 255 g/mol. The topological polar surface area (TPSA) is 70.1 Å². The molecule has 2 aromatic rings. The average molecular weight is 270 g/mol. The van der Waals surface area contributed by atoms with Gasteiger partial charge < -0.3 is 16.2 Å². The van der Waals surface area contributed by atoms with Gasteiger partial charge in [0.15, 0.2) is 0 Å². The minimum atomic E-state index is -0.352. The molecule has 0 amide bonds. The summed E-state index contributed by atoms with van der Waals surface area (Å²) in [6, 6.07) is 10.7. The number of allylic oxidation sites excluding steroid dienone is 1. The second-order valence-electron chi connectivity index (χ2n) is 4.49. The number of hydrogen-bond acceptors (Lipinski definition) is 3. The summed E-state index contributed by atoms with van der Waals surface area (Å²) in [5, 5.41) is 17.8. The van der Waals surface area contributed by atoms with Crippen molar-refractivity contribution < 1.29 is 9.50 Å². The minimum Gasteiger partial charge on any atom is -0.507 e. The van der Waals surface area contributed by atoms with Crippen LogP contribution in [0.5, 0.6) is 5.75 Å². The SMILES string of the molecule is Cc1cccc(O)c1C(N)=CC(=N)c1ccc(F)cc1. The van der Waals surface area contributed by atoms with Crippen molar-refractivity contribution in [3.05, 3.63) is 71.0 Å². The molecule has 0 saturated carbocycles. The molecule has 0 aliphatic carbocycles. The highest BCUT2D eigenvalue weighted by Crippen LogP contribution is 2.25. The Bertz CT molecular complexity index is 655. The summed E-state index contributed by atoms with van der Waals surface area (Å²) in [5.74, 6) is -0.277. The maximum absolute atomic E-state index is 12.8. The number of aryl methyl sites for hydroxylation is 1. The molecule has 0 radical (unpaired) electrons. The first kappa shape index (κ1) is 13.8. The van der Waals surface area contributed by atoms with Gasteiger partial charge in [0, 0.05) is 11.3 Å². The summed E-state index contributed by atoms with van der Waals surface area (Å²) < 4.78 is 12.8. The number of nitrogens with two attached hydrogens (primary N) is 1. The van der Waals surface area contributed by atoms with Crippen LogP contribution >= 0.6 is 0 Å². The van der Waals surface area contributed by atoms with Crippen LogP contribution in [-0.2, 0) is 0 Å². The Labute approximate surface area is 116 Å². The van der Waals surface area contributed by atoms with Gasteiger partial charge in [-0.3, -0.25) is 0 Å². The van der Waals surface area contributed by atoms with Crippen molar-refractivity contribution >= 4 is 11.4 Å². The monoisotopic (exact) mass is 270 g/mol. The number of nitrogens with one attached hydrogen (secondary N) is 1. The Morgan fingerprint density at radius 1 is 1.20 bits per heavy atom. The first-order chi connectivity index (χ1) is 9.49. The molecule has 4 heteroatoms. The zero-order valence-corrected chi connectivity index (χ0v) is 11.0. The Morgan fingerprint density at radius 2 is 1.85 bits per heavy atom. The van der Waals surface area contributed by atoms with Crippen LogP contribution in [0.1, 0.15) is 16.7 Å². The van der Waals surface area contributed by atoms with Crippen molar-refractivity contribution in [3.63, 3.8) is 0 Å². The van der Waals surface area contributed by atoms with Crippen LogP contribution in [0, 0.1) is 18.2 Å². The smallest absolute Gasteiger partial charge is 0.125 e. The number of phenolic OH excluding ortho intramolecular Hbond substituents is 1. The third-order valence-corrected chi connectivity index (χ3v) is 2.99. The van der Waals surface area contributed by atoms with E-state index in [1.807, 2.05) is 13.0 Å². The number of rotatable bonds is 3. The summed E-state index contributed by atoms with van der Waals surface area (Å²) in [4.78, 5) is 0. The summed E-state index contributed by atoms with van der Waals surface area (Å²) in [6.45, 7) is 1.83. The van der Waals surface area contributed by atoms with E-state index < -0.39 is 0 Å². The van der Waals surface area contributed by atoms with Crippen molar-refractivity contribution in [1.29, 1.82) is 5.41 Å². The number of benzene rings is 2. The number of hydrogen-bond donors (Lipinski definition) is 3. The minimum absolute atomic E-state index is 0.0747. The zero-order chi connectivity index (χ0) is 14.7. The predicted molar refractivity (Wildman–Crippen MR) is 78.2 cm³/mol. The largest absolute Gasteiger partial charge is 0.507 e. The van der Waals surface area contributed by atoms with Crippen molar-refractivity contribution in [3.8, 4) is 5.75 Å². The van der Waals surface area contributed by atoms with Crippen LogP contribution in [0.3, 0.4) is 0 Å². The fourth-order valence-corrected chi connectivity index (χ4v) is 1.97. The van der Waals surface area contributed by atoms with Crippen LogP contribution in [0.15, 0.2) is 48.5 Å². The molecule has 4 N–H and O–H groups in total. The molecule has 0 fully saturated rings. The standard InChI is InChI=1S/C16H15FN2O/c1-10-3-2-4-15(20)16(10)14(19)9-13(18)11-5-7-12(17)8-6-11/h2-9,18,20H,19H2,1H3. The molecular formula is C16H15FN2O. The van der Waals surface area contributed by atoms with Gasteiger partial charge in [0.05, 0.1) is 5.71 Å². The number of aromatic hydroxyl groups is 1. The van der Waals surface area contributed by atoms with E-state index in [4.69, 9.17) is 11.1 Å². The van der Waals surface area contributed by atoms with E-state index in [2.05, 4.69) is 0 Å². The molecule has 3 nitrogen and oxygen atoms in total. The number of halogens is 1. The van der Waals surface area contributed by atoms with Crippen LogP contribution in [0.4, 0.5) is 4.39 Å². The maximum Gasteiger partial charge on any atom is 0.125 e. The van der Waals surface area contributed by atoms with Crippen molar-refractivity contribution in [2.24, 2.45) is 5.73 Å². The molecule has 0 saturated heterocycles. The third-order valence-electron chi connectivity index (χ3n) is 2.99. The van der Waals surface area contributed by atoms with Crippen LogP contribution in [0.25, 0.3) is 5.70 Å². The van der Waals surface area contributed by atoms with E-state index >= 15 is 0 Å². The van der Waals surface area contributed by atoms with Crippen molar-refractivity contribution in [1.82, 2.24) is 0 Å². The molecule has 0 aliphatic heterocycles. The highest BCUT2D eigenvalue weighted by molar-refractivity contribution is 6.10. The summed E-state index contributed by atoms with van der Waals surface area (Å²) >= 11 is 0. The lowest BCUT2D eigenvalue weighted by Crippen LogP contribution is -2.04. The van der Waals surface area contributed by atoms with Crippen molar-refractivity contribution in [2.45, 2.75) is 6.92 Å². The van der Waals surface area contributed by atoms with E-state index in [1.165, 1.54) is 30.3 Å². The highest BCUT2D eigenvalue weighted by atomic mass is 19.1. The summed E-state index contributed by atoms with van der Waals surface area (Å²) in [5.41, 5.74) is 8.31. The van der Waals surface area contributed by atoms with Gasteiger partial charge in [0.25, 0.3) is 0 Å². The fraction of sp³-hybridized carbons (Fsp3) is 0.0625. The average Bonchev–Trinajstić information content (AvgIpc) is 2.39. The molecule has 0 bridgehead atoms. The van der Waals surface area contributed by atoms with Gasteiger partial charge in [-0.05, 0) is 54.5 Å². The molecule has 0 spiro atoms. The molecule has 20 heavy (non-hydrogen) atoms. The van der Waals surface area contributed by atoms with E-state index in [1.54, 1.807) is 12.1 Å². The molecule has 0 aliphatic rings. The van der Waals surface area contributed by atoms with Gasteiger partial charge in [-0.25, -0.2) is 4.39 Å². The first-order valence-corrected chi connectivity index (χ1v) is 6.09. The van der Waals surface area contributed by atoms with E-state index in [0.717, 1.165) is 5.56 Å². The number of phenols is 1. The van der Waals surface area contributed by atoms with Crippen LogP contribution in [-0.4, -0.2) is 10.8 Å². The fourth-order valence-electron chi connectivity index (χ4n) is 1.97. The summed E-state index contributed by atoms with van der Waals surface area (Å²) in [7, 11) is 0. The second-order valence-corrected chi connectivity index (χ2v) is 4.49. The maximum atomic E-state index is 12.8. The summed E-state index contributed by atoms with van der Waals surface area (Å²) in [6.07, 6.45) is 1.45. The lowest BCUT2D eigenvalue weighted by molar-refractivity contribution is 0.473. The van der Waals surface area contributed by atoms with Crippen molar-refractivity contribution in [2.75, 3.05) is 0 Å². The predicted octanol–water partition coefficient (Wildman–Crippen LogP) is 3.21. The zero-order valence-electron chi connectivity index (χ0n) is 11.0. The van der Waals surface area contributed by atoms with Gasteiger partial charge in [0.2, 0.25) is 0 Å². The quantitative estimate of drug-likeness (QED) is 0.749. The van der Waals surface area contributed by atoms with Gasteiger partial charge in [-0.15, -0.1) is 0 Å².